The van der Waals surface area contributed by atoms with Crippen molar-refractivity contribution in [2.24, 2.45) is 0 Å². The monoisotopic (exact) mass is 448 g/mol. The summed E-state index contributed by atoms with van der Waals surface area (Å²) >= 11 is 1.20. The van der Waals surface area contributed by atoms with E-state index in [0.29, 0.717) is 36.6 Å². The van der Waals surface area contributed by atoms with Crippen molar-refractivity contribution in [1.82, 2.24) is 9.55 Å². The molecule has 0 unspecified atom stereocenters. The number of rotatable bonds is 9. The number of hydrogen-bond donors (Lipinski definition) is 1. The number of unbranched alkanes of at least 4 members (excludes halogenated alkanes) is 1. The fourth-order valence-corrected chi connectivity index (χ4v) is 4.56. The molecule has 164 valence electrons. The highest BCUT2D eigenvalue weighted by Gasteiger charge is 2.19. The number of carboxylic acid groups (broad SMARTS) is 1. The van der Waals surface area contributed by atoms with Crippen molar-refractivity contribution in [2.75, 3.05) is 6.61 Å². The lowest BCUT2D eigenvalue weighted by Gasteiger charge is -2.13. The van der Waals surface area contributed by atoms with E-state index in [1.807, 2.05) is 61.5 Å². The predicted octanol–water partition coefficient (Wildman–Crippen LogP) is 4.91. The van der Waals surface area contributed by atoms with Gasteiger partial charge in [-0.05, 0) is 37.0 Å². The molecule has 0 radical (unpaired) electrons. The first kappa shape index (κ1) is 21.8. The van der Waals surface area contributed by atoms with Gasteiger partial charge in [0.15, 0.2) is 0 Å². The number of fused-ring (bicyclic) bond motifs is 1. The van der Waals surface area contributed by atoms with Crippen LogP contribution < -0.4 is 10.3 Å². The Kier molecular flexibility index (Phi) is 6.66. The number of aromatic nitrogens is 2. The fourth-order valence-electron chi connectivity index (χ4n) is 3.64. The lowest BCUT2D eigenvalue weighted by atomic mass is 10.1. The smallest absolute Gasteiger partial charge is 0.337 e. The lowest BCUT2D eigenvalue weighted by molar-refractivity contribution is 0.0699. The highest BCUT2D eigenvalue weighted by atomic mass is 32.1. The molecule has 0 aliphatic carbocycles. The number of thiophene rings is 1. The number of ether oxygens (including phenoxy) is 1. The second-order valence-corrected chi connectivity index (χ2v) is 8.46. The van der Waals surface area contributed by atoms with E-state index in [1.54, 1.807) is 4.57 Å². The van der Waals surface area contributed by atoms with Gasteiger partial charge in [-0.2, -0.15) is 0 Å². The van der Waals surface area contributed by atoms with E-state index in [2.05, 4.69) is 4.98 Å². The lowest BCUT2D eigenvalue weighted by Crippen LogP contribution is -2.26. The molecule has 2 heterocycles. The van der Waals surface area contributed by atoms with E-state index < -0.39 is 5.97 Å². The Bertz CT molecular complexity index is 1290. The maximum absolute atomic E-state index is 13.3. The molecular weight excluding hydrogens is 424 g/mol. The highest BCUT2D eigenvalue weighted by Crippen LogP contribution is 2.23. The average Bonchev–Trinajstić information content (AvgIpc) is 3.22. The van der Waals surface area contributed by atoms with Gasteiger partial charge in [-0.1, -0.05) is 48.5 Å². The summed E-state index contributed by atoms with van der Waals surface area (Å²) in [7, 11) is 0. The summed E-state index contributed by atoms with van der Waals surface area (Å²) in [4.78, 5) is 30.0. The van der Waals surface area contributed by atoms with Crippen LogP contribution in [0.25, 0.3) is 10.2 Å². The molecule has 7 heteroatoms. The Hall–Kier alpha value is -3.45. The first-order valence-corrected chi connectivity index (χ1v) is 11.4. The largest absolute Gasteiger partial charge is 0.493 e. The van der Waals surface area contributed by atoms with E-state index >= 15 is 0 Å². The standard InChI is InChI=1S/C25H24N2O4S/c1-17-9-5-6-12-20(17)31-14-8-7-13-27-21(15-18-10-3-2-4-11-18)26-23-22(24(27)28)19(16-32-23)25(29)30/h2-6,9-12,16H,7-8,13-15H2,1H3,(H,29,30). The van der Waals surface area contributed by atoms with E-state index in [-0.39, 0.29) is 16.5 Å². The number of para-hydroxylation sites is 1. The molecule has 0 saturated heterocycles. The van der Waals surface area contributed by atoms with Crippen LogP contribution in [0.2, 0.25) is 0 Å². The van der Waals surface area contributed by atoms with E-state index in [1.165, 1.54) is 16.7 Å². The third-order valence-electron chi connectivity index (χ3n) is 5.34. The van der Waals surface area contributed by atoms with Gasteiger partial charge in [0.25, 0.3) is 5.56 Å². The zero-order valence-electron chi connectivity index (χ0n) is 17.8. The molecule has 1 N–H and O–H groups in total. The first-order chi connectivity index (χ1) is 15.5. The maximum Gasteiger partial charge on any atom is 0.337 e. The number of carboxylic acids is 1. The number of carbonyl (C=O) groups is 1. The molecule has 0 aliphatic rings. The normalized spacial score (nSPS) is 11.0. The summed E-state index contributed by atoms with van der Waals surface area (Å²) in [5, 5.41) is 11.2. The SMILES string of the molecule is Cc1ccccc1OCCCCn1c(Cc2ccccc2)nc2scc(C(=O)O)c2c1=O. The summed E-state index contributed by atoms with van der Waals surface area (Å²) in [6.07, 6.45) is 1.98. The molecule has 0 amide bonds. The third-order valence-corrected chi connectivity index (χ3v) is 6.21. The topological polar surface area (TPSA) is 81.4 Å². The Morgan fingerprint density at radius 2 is 1.84 bits per heavy atom. The van der Waals surface area contributed by atoms with Gasteiger partial charge < -0.3 is 9.84 Å². The van der Waals surface area contributed by atoms with Gasteiger partial charge in [-0.15, -0.1) is 11.3 Å². The number of aryl methyl sites for hydroxylation is 1. The van der Waals surface area contributed by atoms with Crippen LogP contribution in [0.15, 0.2) is 64.8 Å². The van der Waals surface area contributed by atoms with Crippen LogP contribution in [0.1, 0.15) is 40.2 Å². The summed E-state index contributed by atoms with van der Waals surface area (Å²) < 4.78 is 7.49. The van der Waals surface area contributed by atoms with Crippen LogP contribution in [0.4, 0.5) is 0 Å². The molecule has 4 aromatic rings. The van der Waals surface area contributed by atoms with Gasteiger partial charge in [0, 0.05) is 18.3 Å². The Labute approximate surface area is 189 Å². The first-order valence-electron chi connectivity index (χ1n) is 10.5. The van der Waals surface area contributed by atoms with Crippen LogP contribution in [0.3, 0.4) is 0 Å². The number of nitrogens with zero attached hydrogens (tertiary/aromatic N) is 2. The minimum atomic E-state index is -1.11. The summed E-state index contributed by atoms with van der Waals surface area (Å²) in [5.74, 6) is 0.401. The van der Waals surface area contributed by atoms with Gasteiger partial charge in [0.1, 0.15) is 16.4 Å². The second kappa shape index (κ2) is 9.78. The van der Waals surface area contributed by atoms with E-state index in [9.17, 15) is 14.7 Å². The molecule has 0 atom stereocenters. The molecule has 0 spiro atoms. The zero-order chi connectivity index (χ0) is 22.5. The molecular formula is C25H24N2O4S. The van der Waals surface area contributed by atoms with Gasteiger partial charge >= 0.3 is 5.97 Å². The molecule has 2 aromatic carbocycles. The molecule has 0 saturated carbocycles. The summed E-state index contributed by atoms with van der Waals surface area (Å²) in [5.41, 5.74) is 1.86. The zero-order valence-corrected chi connectivity index (χ0v) is 18.6. The summed E-state index contributed by atoms with van der Waals surface area (Å²) in [6.45, 7) is 3.00. The predicted molar refractivity (Wildman–Crippen MR) is 126 cm³/mol. The number of benzene rings is 2. The van der Waals surface area contributed by atoms with Crippen LogP contribution in [-0.4, -0.2) is 27.2 Å². The average molecular weight is 449 g/mol. The highest BCUT2D eigenvalue weighted by molar-refractivity contribution is 7.17. The number of hydrogen-bond acceptors (Lipinski definition) is 5. The minimum Gasteiger partial charge on any atom is -0.493 e. The van der Waals surface area contributed by atoms with Crippen LogP contribution in [0.5, 0.6) is 5.75 Å². The Balaban J connectivity index is 1.56. The number of aromatic carboxylic acids is 1. The molecule has 0 fully saturated rings. The second-order valence-electron chi connectivity index (χ2n) is 7.60. The molecule has 2 aromatic heterocycles. The maximum atomic E-state index is 13.3. The van der Waals surface area contributed by atoms with Crippen LogP contribution in [0, 0.1) is 6.92 Å². The molecule has 4 rings (SSSR count). The van der Waals surface area contributed by atoms with Crippen molar-refractivity contribution in [3.8, 4) is 5.75 Å². The molecule has 0 bridgehead atoms. The van der Waals surface area contributed by atoms with Crippen molar-refractivity contribution in [2.45, 2.75) is 32.7 Å². The Morgan fingerprint density at radius 3 is 2.59 bits per heavy atom. The van der Waals surface area contributed by atoms with E-state index in [0.717, 1.165) is 23.3 Å². The van der Waals surface area contributed by atoms with Gasteiger partial charge in [0.2, 0.25) is 0 Å². The van der Waals surface area contributed by atoms with Crippen molar-refractivity contribution >= 4 is 27.5 Å². The van der Waals surface area contributed by atoms with Gasteiger partial charge in [0.05, 0.1) is 17.6 Å². The van der Waals surface area contributed by atoms with Crippen molar-refractivity contribution in [1.29, 1.82) is 0 Å². The van der Waals surface area contributed by atoms with Crippen LogP contribution >= 0.6 is 11.3 Å². The van der Waals surface area contributed by atoms with Crippen molar-refractivity contribution in [3.05, 3.63) is 92.8 Å². The third kappa shape index (κ3) is 4.73. The van der Waals surface area contributed by atoms with Gasteiger partial charge in [-0.25, -0.2) is 9.78 Å². The summed E-state index contributed by atoms with van der Waals surface area (Å²) in [6, 6.07) is 17.7. The Morgan fingerprint density at radius 1 is 1.09 bits per heavy atom. The van der Waals surface area contributed by atoms with Gasteiger partial charge in [-0.3, -0.25) is 9.36 Å². The van der Waals surface area contributed by atoms with Crippen molar-refractivity contribution in [3.63, 3.8) is 0 Å². The molecule has 0 aliphatic heterocycles. The fraction of sp³-hybridized carbons (Fsp3) is 0.240. The van der Waals surface area contributed by atoms with Crippen LogP contribution in [-0.2, 0) is 13.0 Å². The van der Waals surface area contributed by atoms with Crippen molar-refractivity contribution < 1.29 is 14.6 Å². The molecule has 32 heavy (non-hydrogen) atoms. The quantitative estimate of drug-likeness (QED) is 0.368. The molecule has 6 nitrogen and oxygen atoms in total. The van der Waals surface area contributed by atoms with E-state index in [4.69, 9.17) is 4.74 Å². The minimum absolute atomic E-state index is 0.0189.